The van der Waals surface area contributed by atoms with E-state index >= 15 is 0 Å². The first-order chi connectivity index (χ1) is 4.45. The number of likely N-dealkylation sites (N-methyl/N-ethyl adjacent to an activating group) is 1. The predicted molar refractivity (Wildman–Crippen MR) is 39.6 cm³/mol. The van der Waals surface area contributed by atoms with Gasteiger partial charge < -0.3 is 14.4 Å². The monoisotopic (exact) mass is 146 g/mol. The Hall–Kier alpha value is -0.410. The molecule has 0 aliphatic heterocycles. The first-order valence-corrected chi connectivity index (χ1v) is 3.38. The Morgan fingerprint density at radius 2 is 2.00 bits per heavy atom. The third kappa shape index (κ3) is 5.72. The lowest BCUT2D eigenvalue weighted by Gasteiger charge is -2.25. The number of nitrogens with zero attached hydrogens (tertiary/aromatic N) is 1. The minimum absolute atomic E-state index is 0.246. The molecule has 0 aromatic rings. The summed E-state index contributed by atoms with van der Waals surface area (Å²) in [5.41, 5.74) is 0. The molecule has 1 unspecified atom stereocenters. The van der Waals surface area contributed by atoms with Crippen molar-refractivity contribution in [3.05, 3.63) is 0 Å². The van der Waals surface area contributed by atoms with Crippen LogP contribution < -0.4 is 0 Å². The van der Waals surface area contributed by atoms with Gasteiger partial charge in [-0.05, 0) is 0 Å². The van der Waals surface area contributed by atoms with Crippen LogP contribution in [0.2, 0.25) is 0 Å². The molecule has 0 radical (unpaired) electrons. The largest absolute Gasteiger partial charge is 0.387 e. The van der Waals surface area contributed by atoms with Crippen molar-refractivity contribution in [3.8, 4) is 0 Å². The predicted octanol–water partition coefficient (Wildman–Crippen LogP) is -0.358. The molecule has 0 bridgehead atoms. The third-order valence-electron chi connectivity index (χ3n) is 1.13. The van der Waals surface area contributed by atoms with E-state index in [4.69, 9.17) is 5.11 Å². The molecule has 60 valence electrons. The summed E-state index contributed by atoms with van der Waals surface area (Å²) in [6, 6.07) is 0. The topological polar surface area (TPSA) is 37.3 Å². The first-order valence-electron chi connectivity index (χ1n) is 3.38. The minimum atomic E-state index is -0.488. The highest BCUT2D eigenvalue weighted by Gasteiger charge is 2.13. The zero-order valence-corrected chi connectivity index (χ0v) is 6.87. The van der Waals surface area contributed by atoms with Gasteiger partial charge in [-0.2, -0.15) is 0 Å². The second-order valence-corrected chi connectivity index (χ2v) is 3.53. The normalized spacial score (nSPS) is 14.8. The SMILES string of the molecule is C[N+](C)(C)CC(O)CC=O. The zero-order valence-electron chi connectivity index (χ0n) is 6.87. The van der Waals surface area contributed by atoms with Gasteiger partial charge in [0.25, 0.3) is 0 Å². The van der Waals surface area contributed by atoms with Crippen LogP contribution in [0.3, 0.4) is 0 Å². The summed E-state index contributed by atoms with van der Waals surface area (Å²) in [4.78, 5) is 9.93. The first kappa shape index (κ1) is 9.59. The Bertz CT molecular complexity index is 107. The van der Waals surface area contributed by atoms with Gasteiger partial charge in [-0.3, -0.25) is 0 Å². The Morgan fingerprint density at radius 3 is 2.30 bits per heavy atom. The van der Waals surface area contributed by atoms with Gasteiger partial charge in [0.05, 0.1) is 21.1 Å². The number of carbonyl (C=O) groups excluding carboxylic acids is 1. The average molecular weight is 146 g/mol. The summed E-state index contributed by atoms with van der Waals surface area (Å²) in [5, 5.41) is 9.14. The van der Waals surface area contributed by atoms with Crippen LogP contribution in [0.1, 0.15) is 6.42 Å². The summed E-state index contributed by atoms with van der Waals surface area (Å²) in [5.74, 6) is 0. The van der Waals surface area contributed by atoms with Crippen LogP contribution in [0.5, 0.6) is 0 Å². The summed E-state index contributed by atoms with van der Waals surface area (Å²) in [6.45, 7) is 0.624. The molecule has 0 amide bonds. The van der Waals surface area contributed by atoms with Gasteiger partial charge in [-0.25, -0.2) is 0 Å². The van der Waals surface area contributed by atoms with Gasteiger partial charge in [0.1, 0.15) is 18.9 Å². The van der Waals surface area contributed by atoms with Gasteiger partial charge in [0, 0.05) is 6.42 Å². The van der Waals surface area contributed by atoms with Crippen LogP contribution >= 0.6 is 0 Å². The van der Waals surface area contributed by atoms with Crippen LogP contribution in [0.15, 0.2) is 0 Å². The highest BCUT2D eigenvalue weighted by Crippen LogP contribution is 1.96. The molecule has 0 aromatic heterocycles. The standard InChI is InChI=1S/C7H16NO2/c1-8(2,3)6-7(10)4-5-9/h5,7,10H,4,6H2,1-3H3/q+1. The van der Waals surface area contributed by atoms with E-state index in [1.807, 2.05) is 21.1 Å². The van der Waals surface area contributed by atoms with E-state index < -0.39 is 6.10 Å². The smallest absolute Gasteiger partial charge is 0.122 e. The van der Waals surface area contributed by atoms with Crippen LogP contribution in [0.25, 0.3) is 0 Å². The summed E-state index contributed by atoms with van der Waals surface area (Å²) < 4.78 is 0.689. The fourth-order valence-electron chi connectivity index (χ4n) is 0.818. The van der Waals surface area contributed by atoms with Crippen molar-refractivity contribution >= 4 is 6.29 Å². The molecule has 0 saturated carbocycles. The van der Waals surface area contributed by atoms with E-state index in [9.17, 15) is 4.79 Å². The summed E-state index contributed by atoms with van der Waals surface area (Å²) in [7, 11) is 5.94. The molecule has 0 rings (SSSR count). The maximum Gasteiger partial charge on any atom is 0.122 e. The third-order valence-corrected chi connectivity index (χ3v) is 1.13. The lowest BCUT2D eigenvalue weighted by molar-refractivity contribution is -0.873. The number of rotatable bonds is 4. The molecule has 1 atom stereocenters. The molecule has 0 aromatic carbocycles. The highest BCUT2D eigenvalue weighted by atomic mass is 16.3. The Balaban J connectivity index is 3.56. The fraction of sp³-hybridized carbons (Fsp3) is 0.857. The van der Waals surface area contributed by atoms with Crippen LogP contribution in [0.4, 0.5) is 0 Å². The molecule has 0 saturated heterocycles. The number of hydrogen-bond donors (Lipinski definition) is 1. The van der Waals surface area contributed by atoms with Gasteiger partial charge in [-0.1, -0.05) is 0 Å². The van der Waals surface area contributed by atoms with E-state index in [2.05, 4.69) is 0 Å². The van der Waals surface area contributed by atoms with Crippen molar-refractivity contribution in [1.82, 2.24) is 0 Å². The van der Waals surface area contributed by atoms with Gasteiger partial charge in [0.2, 0.25) is 0 Å². The Morgan fingerprint density at radius 1 is 1.50 bits per heavy atom. The molecule has 1 N–H and O–H groups in total. The van der Waals surface area contributed by atoms with Crippen LogP contribution in [0, 0.1) is 0 Å². The Kier molecular flexibility index (Phi) is 3.53. The zero-order chi connectivity index (χ0) is 8.20. The fourth-order valence-corrected chi connectivity index (χ4v) is 0.818. The number of hydrogen-bond acceptors (Lipinski definition) is 2. The lowest BCUT2D eigenvalue weighted by Crippen LogP contribution is -2.41. The van der Waals surface area contributed by atoms with Crippen LogP contribution in [-0.2, 0) is 4.79 Å². The molecule has 3 nitrogen and oxygen atoms in total. The van der Waals surface area contributed by atoms with Crippen molar-refractivity contribution in [1.29, 1.82) is 0 Å². The highest BCUT2D eigenvalue weighted by molar-refractivity contribution is 5.49. The van der Waals surface area contributed by atoms with Crippen molar-refractivity contribution < 1.29 is 14.4 Å². The molecule has 0 aliphatic carbocycles. The van der Waals surface area contributed by atoms with Gasteiger partial charge >= 0.3 is 0 Å². The molecule has 10 heavy (non-hydrogen) atoms. The second kappa shape index (κ2) is 3.68. The van der Waals surface area contributed by atoms with Gasteiger partial charge in [-0.15, -0.1) is 0 Å². The minimum Gasteiger partial charge on any atom is -0.387 e. The van der Waals surface area contributed by atoms with Crippen LogP contribution in [-0.4, -0.2) is 49.7 Å². The van der Waals surface area contributed by atoms with E-state index in [-0.39, 0.29) is 6.42 Å². The molecular formula is C7H16NO2+. The maximum atomic E-state index is 9.93. The van der Waals surface area contributed by atoms with Crippen molar-refractivity contribution in [3.63, 3.8) is 0 Å². The summed E-state index contributed by atoms with van der Waals surface area (Å²) in [6.07, 6.45) is 0.507. The van der Waals surface area contributed by atoms with E-state index in [0.717, 1.165) is 6.29 Å². The number of aliphatic hydroxyl groups is 1. The Labute approximate surface area is 61.9 Å². The number of quaternary nitrogens is 1. The van der Waals surface area contributed by atoms with E-state index in [0.29, 0.717) is 11.0 Å². The number of aliphatic hydroxyl groups excluding tert-OH is 1. The van der Waals surface area contributed by atoms with Crippen molar-refractivity contribution in [2.75, 3.05) is 27.7 Å². The number of aldehydes is 1. The van der Waals surface area contributed by atoms with Crippen molar-refractivity contribution in [2.45, 2.75) is 12.5 Å². The molecule has 0 aliphatic rings. The second-order valence-electron chi connectivity index (χ2n) is 3.53. The molecule has 0 fully saturated rings. The number of carbonyl (C=O) groups is 1. The van der Waals surface area contributed by atoms with E-state index in [1.165, 1.54) is 0 Å². The maximum absolute atomic E-state index is 9.93. The average Bonchev–Trinajstić information content (AvgIpc) is 1.59. The van der Waals surface area contributed by atoms with Gasteiger partial charge in [0.15, 0.2) is 0 Å². The lowest BCUT2D eigenvalue weighted by atomic mass is 10.2. The summed E-state index contributed by atoms with van der Waals surface area (Å²) >= 11 is 0. The molecule has 0 spiro atoms. The van der Waals surface area contributed by atoms with Crippen molar-refractivity contribution in [2.24, 2.45) is 0 Å². The molecular weight excluding hydrogens is 130 g/mol. The molecule has 0 heterocycles. The quantitative estimate of drug-likeness (QED) is 0.434. The van der Waals surface area contributed by atoms with E-state index in [1.54, 1.807) is 0 Å². The molecule has 3 heteroatoms.